The molecule has 98 valence electrons. The average Bonchev–Trinajstić information content (AvgIpc) is 2.71. The molecule has 2 rings (SSSR count). The molecular weight excluding hydrogens is 281 g/mol. The Kier molecular flexibility index (Phi) is 3.80. The van der Waals surface area contributed by atoms with Crippen molar-refractivity contribution >= 4 is 18.2 Å². The van der Waals surface area contributed by atoms with Gasteiger partial charge in [0.15, 0.2) is 23.3 Å². The van der Waals surface area contributed by atoms with E-state index in [1.807, 2.05) is 0 Å². The summed E-state index contributed by atoms with van der Waals surface area (Å²) in [5, 5.41) is 5.40. The number of aromatic amines is 1. The van der Waals surface area contributed by atoms with Crippen molar-refractivity contribution < 1.29 is 22.0 Å². The van der Waals surface area contributed by atoms with Crippen molar-refractivity contribution in [3.63, 3.8) is 0 Å². The maximum absolute atomic E-state index is 13.3. The Morgan fingerprint density at radius 3 is 1.72 bits per heavy atom. The van der Waals surface area contributed by atoms with E-state index in [9.17, 15) is 22.0 Å². The largest absolute Gasteiger partial charge is 0.382 e. The van der Waals surface area contributed by atoms with E-state index in [1.54, 1.807) is 0 Å². The first-order chi connectivity index (χ1) is 7.93. The number of hydrogen-bond donors (Lipinski definition) is 2. The summed E-state index contributed by atoms with van der Waals surface area (Å²) in [5.41, 5.74) is 3.69. The Bertz CT molecular complexity index is 569. The minimum absolute atomic E-state index is 0. The number of aromatic nitrogens is 2. The summed E-state index contributed by atoms with van der Waals surface area (Å²) >= 11 is 0. The molecular formula is C9H5ClF5N3. The molecule has 1 aromatic carbocycles. The van der Waals surface area contributed by atoms with Crippen LogP contribution in [0, 0.1) is 29.1 Å². The van der Waals surface area contributed by atoms with Crippen molar-refractivity contribution in [2.45, 2.75) is 0 Å². The molecule has 0 saturated carbocycles. The molecule has 3 nitrogen and oxygen atoms in total. The standard InChI is InChI=1S/C9H4F5N3.ClH/c10-5-4(2-1-3(15)17-16-2)6(11)8(13)9(14)7(5)12;/h1H,(H3,15,16,17);1H. The summed E-state index contributed by atoms with van der Waals surface area (Å²) in [6.07, 6.45) is 0. The molecule has 0 aliphatic carbocycles. The summed E-state index contributed by atoms with van der Waals surface area (Å²) in [7, 11) is 0. The number of nitrogens with zero attached hydrogens (tertiary/aromatic N) is 1. The van der Waals surface area contributed by atoms with Gasteiger partial charge in [-0.15, -0.1) is 12.4 Å². The fraction of sp³-hybridized carbons (Fsp3) is 0. The van der Waals surface area contributed by atoms with Gasteiger partial charge in [0.05, 0.1) is 11.3 Å². The van der Waals surface area contributed by atoms with Crippen LogP contribution in [-0.4, -0.2) is 10.2 Å². The summed E-state index contributed by atoms with van der Waals surface area (Å²) in [6.45, 7) is 0. The van der Waals surface area contributed by atoms with Gasteiger partial charge in [0.1, 0.15) is 5.82 Å². The minimum atomic E-state index is -2.21. The Morgan fingerprint density at radius 1 is 0.889 bits per heavy atom. The fourth-order valence-corrected chi connectivity index (χ4v) is 1.31. The lowest BCUT2D eigenvalue weighted by Crippen LogP contribution is -2.04. The Hall–Kier alpha value is -1.83. The van der Waals surface area contributed by atoms with Crippen LogP contribution in [0.15, 0.2) is 6.07 Å². The summed E-state index contributed by atoms with van der Waals surface area (Å²) in [6, 6.07) is 0.957. The second-order valence-corrected chi connectivity index (χ2v) is 3.15. The Morgan fingerprint density at radius 2 is 1.33 bits per heavy atom. The van der Waals surface area contributed by atoms with E-state index in [0.29, 0.717) is 0 Å². The average molecular weight is 286 g/mol. The van der Waals surface area contributed by atoms with E-state index in [4.69, 9.17) is 5.73 Å². The van der Waals surface area contributed by atoms with Gasteiger partial charge in [-0.25, -0.2) is 22.0 Å². The molecule has 0 radical (unpaired) electrons. The number of anilines is 1. The topological polar surface area (TPSA) is 54.7 Å². The van der Waals surface area contributed by atoms with Gasteiger partial charge in [-0.2, -0.15) is 5.10 Å². The highest BCUT2D eigenvalue weighted by atomic mass is 35.5. The lowest BCUT2D eigenvalue weighted by molar-refractivity contribution is 0.381. The van der Waals surface area contributed by atoms with Crippen molar-refractivity contribution in [2.75, 3.05) is 5.73 Å². The van der Waals surface area contributed by atoms with E-state index in [1.165, 1.54) is 0 Å². The second kappa shape index (κ2) is 4.81. The zero-order valence-corrected chi connectivity index (χ0v) is 9.22. The van der Waals surface area contributed by atoms with Crippen LogP contribution < -0.4 is 5.73 Å². The molecule has 2 aromatic rings. The predicted octanol–water partition coefficient (Wildman–Crippen LogP) is 2.78. The maximum Gasteiger partial charge on any atom is 0.200 e. The molecule has 0 fully saturated rings. The van der Waals surface area contributed by atoms with Crippen LogP contribution in [0.4, 0.5) is 27.8 Å². The van der Waals surface area contributed by atoms with Gasteiger partial charge in [-0.3, -0.25) is 5.10 Å². The molecule has 0 aliphatic rings. The van der Waals surface area contributed by atoms with Crippen molar-refractivity contribution in [3.05, 3.63) is 35.2 Å². The third kappa shape index (κ3) is 1.99. The van der Waals surface area contributed by atoms with Gasteiger partial charge in [-0.1, -0.05) is 0 Å². The number of halogens is 6. The van der Waals surface area contributed by atoms with Gasteiger partial charge in [0.25, 0.3) is 0 Å². The van der Waals surface area contributed by atoms with Crippen molar-refractivity contribution in [3.8, 4) is 11.3 Å². The first-order valence-electron chi connectivity index (χ1n) is 4.26. The van der Waals surface area contributed by atoms with E-state index in [-0.39, 0.29) is 18.2 Å². The van der Waals surface area contributed by atoms with Crippen LogP contribution in [-0.2, 0) is 0 Å². The third-order valence-electron chi connectivity index (χ3n) is 2.08. The number of hydrogen-bond acceptors (Lipinski definition) is 2. The molecule has 0 amide bonds. The summed E-state index contributed by atoms with van der Waals surface area (Å²) < 4.78 is 65.1. The summed E-state index contributed by atoms with van der Waals surface area (Å²) in [4.78, 5) is 0. The minimum Gasteiger partial charge on any atom is -0.382 e. The number of benzene rings is 1. The normalized spacial score (nSPS) is 10.3. The summed E-state index contributed by atoms with van der Waals surface area (Å²) in [5.74, 6) is -10.3. The first-order valence-corrected chi connectivity index (χ1v) is 4.26. The molecule has 1 aromatic heterocycles. The molecule has 1 heterocycles. The molecule has 0 atom stereocenters. The Balaban J connectivity index is 0.00000162. The molecule has 0 spiro atoms. The van der Waals surface area contributed by atoms with Crippen LogP contribution in [0.3, 0.4) is 0 Å². The van der Waals surface area contributed by atoms with Crippen molar-refractivity contribution in [1.82, 2.24) is 10.2 Å². The molecule has 0 unspecified atom stereocenters. The van der Waals surface area contributed by atoms with E-state index in [2.05, 4.69) is 10.2 Å². The third-order valence-corrected chi connectivity index (χ3v) is 2.08. The van der Waals surface area contributed by atoms with Crippen molar-refractivity contribution in [2.24, 2.45) is 0 Å². The van der Waals surface area contributed by atoms with E-state index in [0.717, 1.165) is 6.07 Å². The van der Waals surface area contributed by atoms with Gasteiger partial charge in [0.2, 0.25) is 5.82 Å². The number of H-pyrrole nitrogens is 1. The maximum atomic E-state index is 13.3. The van der Waals surface area contributed by atoms with Crippen LogP contribution >= 0.6 is 12.4 Å². The molecule has 0 saturated heterocycles. The van der Waals surface area contributed by atoms with Crippen LogP contribution in [0.25, 0.3) is 11.3 Å². The van der Waals surface area contributed by atoms with Crippen LogP contribution in [0.2, 0.25) is 0 Å². The predicted molar refractivity (Wildman–Crippen MR) is 55.5 cm³/mol. The molecule has 18 heavy (non-hydrogen) atoms. The number of nitrogens with two attached hydrogens (primary N) is 1. The van der Waals surface area contributed by atoms with Gasteiger partial charge < -0.3 is 5.73 Å². The van der Waals surface area contributed by atoms with Gasteiger partial charge in [-0.05, 0) is 0 Å². The molecule has 3 N–H and O–H groups in total. The monoisotopic (exact) mass is 285 g/mol. The number of nitrogen functional groups attached to an aromatic ring is 1. The van der Waals surface area contributed by atoms with Gasteiger partial charge >= 0.3 is 0 Å². The molecule has 9 heteroatoms. The zero-order chi connectivity index (χ0) is 12.7. The van der Waals surface area contributed by atoms with Crippen molar-refractivity contribution in [1.29, 1.82) is 0 Å². The van der Waals surface area contributed by atoms with Crippen LogP contribution in [0.1, 0.15) is 0 Å². The quantitative estimate of drug-likeness (QED) is 0.481. The first kappa shape index (κ1) is 14.2. The van der Waals surface area contributed by atoms with Gasteiger partial charge in [0, 0.05) is 6.07 Å². The highest BCUT2D eigenvalue weighted by Gasteiger charge is 2.27. The highest BCUT2D eigenvalue weighted by Crippen LogP contribution is 2.30. The SMILES string of the molecule is Cl.Nc1cc(-c2c(F)c(F)c(F)c(F)c2F)[nH]n1. The number of nitrogens with one attached hydrogen (secondary N) is 1. The Labute approximate surface area is 103 Å². The highest BCUT2D eigenvalue weighted by molar-refractivity contribution is 5.85. The lowest BCUT2D eigenvalue weighted by atomic mass is 10.1. The van der Waals surface area contributed by atoms with Crippen LogP contribution in [0.5, 0.6) is 0 Å². The van der Waals surface area contributed by atoms with E-state index >= 15 is 0 Å². The number of rotatable bonds is 1. The zero-order valence-electron chi connectivity index (χ0n) is 8.40. The fourth-order valence-electron chi connectivity index (χ4n) is 1.31. The smallest absolute Gasteiger partial charge is 0.200 e. The lowest BCUT2D eigenvalue weighted by Gasteiger charge is -2.05. The van der Waals surface area contributed by atoms with E-state index < -0.39 is 40.3 Å². The second-order valence-electron chi connectivity index (χ2n) is 3.15. The molecule has 0 bridgehead atoms. The molecule has 0 aliphatic heterocycles.